The third-order valence-electron chi connectivity index (χ3n) is 5.78. The van der Waals surface area contributed by atoms with Crippen molar-refractivity contribution in [3.05, 3.63) is 11.9 Å². The van der Waals surface area contributed by atoms with E-state index in [9.17, 15) is 0 Å². The fraction of sp³-hybridized carbons (Fsp3) is 0.765. The first kappa shape index (κ1) is 13.4. The summed E-state index contributed by atoms with van der Waals surface area (Å²) < 4.78 is 0. The van der Waals surface area contributed by atoms with E-state index in [1.165, 1.54) is 38.5 Å². The number of hydrogen-bond acceptors (Lipinski definition) is 4. The molecule has 4 bridgehead atoms. The van der Waals surface area contributed by atoms with Crippen molar-refractivity contribution in [3.8, 4) is 0 Å². The first-order chi connectivity index (χ1) is 10.2. The van der Waals surface area contributed by atoms with Gasteiger partial charge < -0.3 is 10.6 Å². The second-order valence-electron chi connectivity index (χ2n) is 7.48. The van der Waals surface area contributed by atoms with E-state index in [-0.39, 0.29) is 0 Å². The fourth-order valence-corrected chi connectivity index (χ4v) is 5.38. The normalized spacial score (nSPS) is 36.8. The lowest BCUT2D eigenvalue weighted by molar-refractivity contribution is 0.0105. The number of anilines is 2. The molecule has 0 saturated heterocycles. The molecule has 21 heavy (non-hydrogen) atoms. The lowest BCUT2D eigenvalue weighted by Crippen LogP contribution is -2.54. The Kier molecular flexibility index (Phi) is 3.09. The topological polar surface area (TPSA) is 49.8 Å². The molecule has 2 N–H and O–H groups in total. The van der Waals surface area contributed by atoms with Crippen LogP contribution in [0.25, 0.3) is 0 Å². The Balaban J connectivity index is 1.61. The Morgan fingerprint density at radius 3 is 2.14 bits per heavy atom. The summed E-state index contributed by atoms with van der Waals surface area (Å²) in [6.07, 6.45) is 9.36. The molecule has 5 rings (SSSR count). The summed E-state index contributed by atoms with van der Waals surface area (Å²) in [7, 11) is 1.93. The molecule has 4 saturated carbocycles. The average Bonchev–Trinajstić information content (AvgIpc) is 2.44. The van der Waals surface area contributed by atoms with Crippen LogP contribution in [0.2, 0.25) is 0 Å². The first-order valence-corrected chi connectivity index (χ1v) is 8.52. The Morgan fingerprint density at radius 2 is 1.62 bits per heavy atom. The summed E-state index contributed by atoms with van der Waals surface area (Å²) >= 11 is 0. The van der Waals surface area contributed by atoms with Crippen LogP contribution in [0.15, 0.2) is 6.07 Å². The van der Waals surface area contributed by atoms with E-state index >= 15 is 0 Å². The van der Waals surface area contributed by atoms with Crippen LogP contribution >= 0.6 is 0 Å². The molecule has 4 aliphatic rings. The van der Waals surface area contributed by atoms with Gasteiger partial charge in [-0.25, -0.2) is 9.97 Å². The van der Waals surface area contributed by atoms with E-state index in [4.69, 9.17) is 4.98 Å². The zero-order valence-corrected chi connectivity index (χ0v) is 13.2. The number of nitrogens with one attached hydrogen (secondary N) is 2. The molecular weight excluding hydrogens is 260 g/mol. The lowest BCUT2D eigenvalue weighted by Gasteiger charge is -2.57. The third-order valence-corrected chi connectivity index (χ3v) is 5.78. The highest BCUT2D eigenvalue weighted by atomic mass is 15.1. The minimum atomic E-state index is 0.319. The summed E-state index contributed by atoms with van der Waals surface area (Å²) in [4.78, 5) is 9.22. The summed E-state index contributed by atoms with van der Waals surface area (Å²) in [5, 5.41) is 7.00. The van der Waals surface area contributed by atoms with Gasteiger partial charge in [0.15, 0.2) is 0 Å². The molecule has 1 aromatic heterocycles. The molecule has 0 unspecified atom stereocenters. The third kappa shape index (κ3) is 2.39. The zero-order valence-electron chi connectivity index (χ0n) is 13.2. The highest BCUT2D eigenvalue weighted by molar-refractivity contribution is 5.49. The summed E-state index contributed by atoms with van der Waals surface area (Å²) in [5.74, 6) is 5.75. The van der Waals surface area contributed by atoms with Crippen LogP contribution in [0.1, 0.15) is 51.3 Å². The highest BCUT2D eigenvalue weighted by Crippen LogP contribution is 2.56. The molecule has 4 nitrogen and oxygen atoms in total. The molecule has 114 valence electrons. The van der Waals surface area contributed by atoms with Crippen molar-refractivity contribution in [2.45, 2.75) is 57.4 Å². The van der Waals surface area contributed by atoms with Crippen LogP contribution in [0.3, 0.4) is 0 Å². The molecule has 0 aliphatic heterocycles. The van der Waals surface area contributed by atoms with Crippen molar-refractivity contribution in [3.63, 3.8) is 0 Å². The van der Waals surface area contributed by atoms with Gasteiger partial charge in [-0.1, -0.05) is 6.92 Å². The van der Waals surface area contributed by atoms with Gasteiger partial charge in [0.1, 0.15) is 17.5 Å². The van der Waals surface area contributed by atoms with E-state index in [1.807, 2.05) is 7.05 Å². The quantitative estimate of drug-likeness (QED) is 0.890. The standard InChI is InChI=1S/C17H26N4/c1-3-14-19-15(18-2)7-16(20-14)21-17-8-11-4-12(9-17)6-13(5-11)10-17/h7,11-13H,3-6,8-10H2,1-2H3,(H2,18,19,20,21). The second-order valence-corrected chi connectivity index (χ2v) is 7.48. The van der Waals surface area contributed by atoms with E-state index in [0.717, 1.165) is 41.6 Å². The smallest absolute Gasteiger partial charge is 0.132 e. The van der Waals surface area contributed by atoms with Gasteiger partial charge in [-0.15, -0.1) is 0 Å². The molecular formula is C17H26N4. The number of hydrogen-bond donors (Lipinski definition) is 2. The van der Waals surface area contributed by atoms with Crippen LogP contribution in [0, 0.1) is 17.8 Å². The maximum absolute atomic E-state index is 4.71. The van der Waals surface area contributed by atoms with Crippen molar-refractivity contribution in [2.24, 2.45) is 17.8 Å². The molecule has 0 atom stereocenters. The van der Waals surface area contributed by atoms with Gasteiger partial charge in [-0.2, -0.15) is 0 Å². The maximum atomic E-state index is 4.71. The molecule has 0 amide bonds. The van der Waals surface area contributed by atoms with Gasteiger partial charge in [0, 0.05) is 25.1 Å². The van der Waals surface area contributed by atoms with Crippen molar-refractivity contribution in [2.75, 3.05) is 17.7 Å². The van der Waals surface area contributed by atoms with E-state index < -0.39 is 0 Å². The van der Waals surface area contributed by atoms with Crippen LogP contribution in [0.5, 0.6) is 0 Å². The van der Waals surface area contributed by atoms with Gasteiger partial charge >= 0.3 is 0 Å². The van der Waals surface area contributed by atoms with Crippen LogP contribution in [-0.4, -0.2) is 22.6 Å². The predicted molar refractivity (Wildman–Crippen MR) is 85.5 cm³/mol. The van der Waals surface area contributed by atoms with Crippen LogP contribution < -0.4 is 10.6 Å². The van der Waals surface area contributed by atoms with E-state index in [0.29, 0.717) is 5.54 Å². The molecule has 4 aliphatic carbocycles. The lowest BCUT2D eigenvalue weighted by atomic mass is 9.53. The number of nitrogens with zero attached hydrogens (tertiary/aromatic N) is 2. The predicted octanol–water partition coefficient (Wildman–Crippen LogP) is 3.46. The zero-order chi connectivity index (χ0) is 14.4. The molecule has 0 aromatic carbocycles. The maximum Gasteiger partial charge on any atom is 0.132 e. The van der Waals surface area contributed by atoms with Gasteiger partial charge in [0.25, 0.3) is 0 Å². The monoisotopic (exact) mass is 286 g/mol. The summed E-state index contributed by atoms with van der Waals surface area (Å²) in [6, 6.07) is 2.07. The minimum Gasteiger partial charge on any atom is -0.373 e. The molecule has 1 heterocycles. The number of aromatic nitrogens is 2. The Labute approximate surface area is 127 Å². The van der Waals surface area contributed by atoms with Crippen molar-refractivity contribution in [1.82, 2.24) is 9.97 Å². The van der Waals surface area contributed by atoms with Crippen molar-refractivity contribution >= 4 is 11.6 Å². The Morgan fingerprint density at radius 1 is 1.05 bits per heavy atom. The summed E-state index contributed by atoms with van der Waals surface area (Å²) in [5.41, 5.74) is 0.319. The molecule has 4 fully saturated rings. The molecule has 0 radical (unpaired) electrons. The number of rotatable bonds is 4. The Bertz CT molecular complexity index is 482. The van der Waals surface area contributed by atoms with E-state index in [2.05, 4.69) is 28.6 Å². The van der Waals surface area contributed by atoms with Crippen molar-refractivity contribution in [1.29, 1.82) is 0 Å². The SMILES string of the molecule is CCc1nc(NC)cc(NC23CC4CC(CC(C4)C2)C3)n1. The van der Waals surface area contributed by atoms with Gasteiger partial charge in [0.2, 0.25) is 0 Å². The second kappa shape index (κ2) is 4.85. The van der Waals surface area contributed by atoms with Crippen LogP contribution in [-0.2, 0) is 6.42 Å². The summed E-state index contributed by atoms with van der Waals surface area (Å²) in [6.45, 7) is 2.11. The van der Waals surface area contributed by atoms with Gasteiger partial charge in [-0.3, -0.25) is 0 Å². The minimum absolute atomic E-state index is 0.319. The van der Waals surface area contributed by atoms with Crippen LogP contribution in [0.4, 0.5) is 11.6 Å². The average molecular weight is 286 g/mol. The van der Waals surface area contributed by atoms with Crippen molar-refractivity contribution < 1.29 is 0 Å². The molecule has 1 aromatic rings. The van der Waals surface area contributed by atoms with Gasteiger partial charge in [0.05, 0.1) is 0 Å². The molecule has 4 heteroatoms. The highest BCUT2D eigenvalue weighted by Gasteiger charge is 2.51. The van der Waals surface area contributed by atoms with Gasteiger partial charge in [-0.05, 0) is 56.3 Å². The van der Waals surface area contributed by atoms with E-state index in [1.54, 1.807) is 0 Å². The molecule has 0 spiro atoms. The largest absolute Gasteiger partial charge is 0.373 e. The Hall–Kier alpha value is -1.32. The first-order valence-electron chi connectivity index (χ1n) is 8.52. The fourth-order valence-electron chi connectivity index (χ4n) is 5.38. The number of aryl methyl sites for hydroxylation is 1.